The summed E-state index contributed by atoms with van der Waals surface area (Å²) in [6, 6.07) is 17.9. The standard InChI is InChI=1S/C21H20N2O4/c1-21(17-12-6-3-7-13-17)19(25)23(20(26)22-21)15-18(24)27-14-8-11-16-9-4-2-5-10-16/h2-13H,14-15H2,1H3,(H,22,26)/b11-8+/t21-/m1/s1. The second kappa shape index (κ2) is 7.86. The molecule has 138 valence electrons. The van der Waals surface area contributed by atoms with Crippen LogP contribution in [0.4, 0.5) is 4.79 Å². The number of rotatable bonds is 6. The maximum atomic E-state index is 12.7. The summed E-state index contributed by atoms with van der Waals surface area (Å²) in [5.74, 6) is -1.12. The number of urea groups is 1. The molecular formula is C21H20N2O4. The number of nitrogens with zero attached hydrogens (tertiary/aromatic N) is 1. The summed E-state index contributed by atoms with van der Waals surface area (Å²) in [5, 5.41) is 2.66. The van der Waals surface area contributed by atoms with Crippen LogP contribution in [0.3, 0.4) is 0 Å². The minimum absolute atomic E-state index is 0.0628. The molecule has 0 radical (unpaired) electrons. The van der Waals surface area contributed by atoms with E-state index in [9.17, 15) is 14.4 Å². The van der Waals surface area contributed by atoms with Crippen LogP contribution in [0.5, 0.6) is 0 Å². The molecule has 1 aliphatic heterocycles. The highest BCUT2D eigenvalue weighted by atomic mass is 16.5. The number of ether oxygens (including phenoxy) is 1. The Morgan fingerprint density at radius 2 is 1.70 bits per heavy atom. The molecule has 0 saturated carbocycles. The topological polar surface area (TPSA) is 75.7 Å². The van der Waals surface area contributed by atoms with Gasteiger partial charge in [0.2, 0.25) is 0 Å². The van der Waals surface area contributed by atoms with E-state index >= 15 is 0 Å². The third-order valence-corrected chi connectivity index (χ3v) is 4.36. The van der Waals surface area contributed by atoms with E-state index in [2.05, 4.69) is 5.32 Å². The van der Waals surface area contributed by atoms with Crippen molar-refractivity contribution in [3.8, 4) is 0 Å². The largest absolute Gasteiger partial charge is 0.460 e. The molecule has 1 saturated heterocycles. The molecule has 0 aliphatic carbocycles. The summed E-state index contributed by atoms with van der Waals surface area (Å²) in [4.78, 5) is 37.8. The van der Waals surface area contributed by atoms with Gasteiger partial charge in [0, 0.05) is 0 Å². The van der Waals surface area contributed by atoms with Gasteiger partial charge in [-0.05, 0) is 24.1 Å². The first-order chi connectivity index (χ1) is 13.0. The third kappa shape index (κ3) is 4.06. The Hall–Kier alpha value is -3.41. The zero-order chi connectivity index (χ0) is 19.3. The smallest absolute Gasteiger partial charge is 0.326 e. The molecule has 27 heavy (non-hydrogen) atoms. The Labute approximate surface area is 157 Å². The number of esters is 1. The predicted octanol–water partition coefficient (Wildman–Crippen LogP) is 2.71. The summed E-state index contributed by atoms with van der Waals surface area (Å²) < 4.78 is 5.10. The molecule has 0 bridgehead atoms. The van der Waals surface area contributed by atoms with Crippen molar-refractivity contribution < 1.29 is 19.1 Å². The van der Waals surface area contributed by atoms with Gasteiger partial charge in [0.15, 0.2) is 0 Å². The van der Waals surface area contributed by atoms with Crippen molar-refractivity contribution >= 4 is 24.0 Å². The van der Waals surface area contributed by atoms with E-state index in [1.165, 1.54) is 0 Å². The van der Waals surface area contributed by atoms with E-state index in [0.717, 1.165) is 10.5 Å². The maximum absolute atomic E-state index is 12.7. The molecule has 2 aromatic carbocycles. The summed E-state index contributed by atoms with van der Waals surface area (Å²) in [6.45, 7) is 1.26. The highest BCUT2D eigenvalue weighted by Crippen LogP contribution is 2.28. The van der Waals surface area contributed by atoms with E-state index in [1.807, 2.05) is 42.5 Å². The van der Waals surface area contributed by atoms with Gasteiger partial charge in [-0.3, -0.25) is 14.5 Å². The highest BCUT2D eigenvalue weighted by molar-refractivity contribution is 6.08. The number of hydrogen-bond acceptors (Lipinski definition) is 4. The molecule has 2 aromatic rings. The van der Waals surface area contributed by atoms with Crippen LogP contribution < -0.4 is 5.32 Å². The lowest BCUT2D eigenvalue weighted by Gasteiger charge is -2.21. The van der Waals surface area contributed by atoms with Crippen molar-refractivity contribution in [1.82, 2.24) is 10.2 Å². The summed E-state index contributed by atoms with van der Waals surface area (Å²) in [6.07, 6.45) is 3.53. The maximum Gasteiger partial charge on any atom is 0.326 e. The van der Waals surface area contributed by atoms with Crippen LogP contribution in [0.1, 0.15) is 18.1 Å². The van der Waals surface area contributed by atoms with Crippen molar-refractivity contribution in [2.45, 2.75) is 12.5 Å². The quantitative estimate of drug-likeness (QED) is 0.632. The summed E-state index contributed by atoms with van der Waals surface area (Å²) >= 11 is 0. The fourth-order valence-electron chi connectivity index (χ4n) is 2.87. The van der Waals surface area contributed by atoms with E-state index in [-0.39, 0.29) is 6.61 Å². The van der Waals surface area contributed by atoms with Gasteiger partial charge in [0.25, 0.3) is 5.91 Å². The first kappa shape index (κ1) is 18.4. The van der Waals surface area contributed by atoms with Crippen molar-refractivity contribution in [1.29, 1.82) is 0 Å². The average Bonchev–Trinajstić information content (AvgIpc) is 2.91. The number of carbonyl (C=O) groups excluding carboxylic acids is 3. The van der Waals surface area contributed by atoms with Crippen molar-refractivity contribution in [3.63, 3.8) is 0 Å². The van der Waals surface area contributed by atoms with E-state index in [4.69, 9.17) is 4.74 Å². The van der Waals surface area contributed by atoms with Gasteiger partial charge in [-0.15, -0.1) is 0 Å². The highest BCUT2D eigenvalue weighted by Gasteiger charge is 2.49. The van der Waals surface area contributed by atoms with E-state index < -0.39 is 30.0 Å². The number of benzene rings is 2. The van der Waals surface area contributed by atoms with Gasteiger partial charge >= 0.3 is 12.0 Å². The minimum atomic E-state index is -1.19. The molecule has 6 heteroatoms. The third-order valence-electron chi connectivity index (χ3n) is 4.36. The minimum Gasteiger partial charge on any atom is -0.460 e. The van der Waals surface area contributed by atoms with Crippen LogP contribution in [-0.2, 0) is 19.9 Å². The molecule has 1 heterocycles. The fraction of sp³-hybridized carbons (Fsp3) is 0.190. The lowest BCUT2D eigenvalue weighted by Crippen LogP contribution is -2.41. The normalized spacial score (nSPS) is 19.4. The summed E-state index contributed by atoms with van der Waals surface area (Å²) in [5.41, 5.74) is 0.456. The summed E-state index contributed by atoms with van der Waals surface area (Å²) in [7, 11) is 0. The molecule has 1 fully saturated rings. The lowest BCUT2D eigenvalue weighted by atomic mass is 9.92. The van der Waals surface area contributed by atoms with Gasteiger partial charge < -0.3 is 10.1 Å². The van der Waals surface area contributed by atoms with Gasteiger partial charge in [-0.25, -0.2) is 4.79 Å². The molecule has 0 aromatic heterocycles. The van der Waals surface area contributed by atoms with Crippen LogP contribution >= 0.6 is 0 Å². The van der Waals surface area contributed by atoms with Gasteiger partial charge in [0.05, 0.1) is 0 Å². The molecule has 1 atom stereocenters. The molecule has 1 N–H and O–H groups in total. The molecule has 6 nitrogen and oxygen atoms in total. The second-order valence-corrected chi connectivity index (χ2v) is 6.31. The monoisotopic (exact) mass is 364 g/mol. The molecule has 3 amide bonds. The SMILES string of the molecule is C[C@]1(c2ccccc2)NC(=O)N(CC(=O)OC/C=C/c2ccccc2)C1=O. The van der Waals surface area contributed by atoms with Crippen LogP contribution in [0.25, 0.3) is 6.08 Å². The Balaban J connectivity index is 1.57. The first-order valence-electron chi connectivity index (χ1n) is 8.57. The Morgan fingerprint density at radius 1 is 1.07 bits per heavy atom. The molecule has 0 spiro atoms. The van der Waals surface area contributed by atoms with Gasteiger partial charge in [0.1, 0.15) is 18.7 Å². The zero-order valence-electron chi connectivity index (χ0n) is 14.9. The van der Waals surface area contributed by atoms with Gasteiger partial charge in [-0.2, -0.15) is 0 Å². The van der Waals surface area contributed by atoms with Crippen LogP contribution in [-0.4, -0.2) is 36.0 Å². The van der Waals surface area contributed by atoms with Crippen molar-refractivity contribution in [2.24, 2.45) is 0 Å². The molecular weight excluding hydrogens is 344 g/mol. The molecule has 1 aliphatic rings. The lowest BCUT2D eigenvalue weighted by molar-refractivity contribution is -0.146. The van der Waals surface area contributed by atoms with Crippen LogP contribution in [0.2, 0.25) is 0 Å². The number of carbonyl (C=O) groups is 3. The number of hydrogen-bond donors (Lipinski definition) is 1. The Bertz CT molecular complexity index is 864. The Morgan fingerprint density at radius 3 is 2.37 bits per heavy atom. The number of nitrogens with one attached hydrogen (secondary N) is 1. The fourth-order valence-corrected chi connectivity index (χ4v) is 2.87. The first-order valence-corrected chi connectivity index (χ1v) is 8.57. The van der Waals surface area contributed by atoms with Crippen LogP contribution in [0, 0.1) is 0 Å². The number of amides is 3. The number of imide groups is 1. The predicted molar refractivity (Wildman–Crippen MR) is 100 cm³/mol. The molecule has 0 unspecified atom stereocenters. The van der Waals surface area contributed by atoms with E-state index in [1.54, 1.807) is 37.3 Å². The average molecular weight is 364 g/mol. The van der Waals surface area contributed by atoms with Crippen molar-refractivity contribution in [2.75, 3.05) is 13.2 Å². The zero-order valence-corrected chi connectivity index (χ0v) is 14.9. The van der Waals surface area contributed by atoms with Crippen molar-refractivity contribution in [3.05, 3.63) is 77.9 Å². The van der Waals surface area contributed by atoms with E-state index in [0.29, 0.717) is 5.56 Å². The molecule has 3 rings (SSSR count). The van der Waals surface area contributed by atoms with Crippen LogP contribution in [0.15, 0.2) is 66.7 Å². The second-order valence-electron chi connectivity index (χ2n) is 6.31. The Kier molecular flexibility index (Phi) is 5.35. The van der Waals surface area contributed by atoms with Gasteiger partial charge in [-0.1, -0.05) is 66.7 Å².